The minimum Gasteiger partial charge on any atom is -0.481 e. The molecular weight excluding hydrogens is 312 g/mol. The van der Waals surface area contributed by atoms with Gasteiger partial charge in [-0.2, -0.15) is 5.10 Å². The molecule has 0 bridgehead atoms. The fourth-order valence-corrected chi connectivity index (χ4v) is 3.12. The molecule has 0 radical (unpaired) electrons. The predicted molar refractivity (Wildman–Crippen MR) is 85.9 cm³/mol. The van der Waals surface area contributed by atoms with Gasteiger partial charge in [-0.25, -0.2) is 0 Å². The highest BCUT2D eigenvalue weighted by molar-refractivity contribution is 5.85. The van der Waals surface area contributed by atoms with Gasteiger partial charge in [0.25, 0.3) is 0 Å². The van der Waals surface area contributed by atoms with Crippen molar-refractivity contribution >= 4 is 17.8 Å². The maximum absolute atomic E-state index is 12.7. The molecular formula is C16H24N4O4. The smallest absolute Gasteiger partial charge is 0.303 e. The molecule has 24 heavy (non-hydrogen) atoms. The number of nitrogens with zero attached hydrogens (tertiary/aromatic N) is 3. The second-order valence-electron chi connectivity index (χ2n) is 6.38. The summed E-state index contributed by atoms with van der Waals surface area (Å²) in [4.78, 5) is 37.0. The van der Waals surface area contributed by atoms with E-state index < -0.39 is 5.97 Å². The molecule has 0 saturated carbocycles. The van der Waals surface area contributed by atoms with Gasteiger partial charge in [-0.3, -0.25) is 19.1 Å². The molecule has 1 aliphatic rings. The number of carboxylic acids is 1. The highest BCUT2D eigenvalue weighted by Crippen LogP contribution is 2.35. The van der Waals surface area contributed by atoms with Crippen LogP contribution in [-0.2, 0) is 21.4 Å². The Kier molecular flexibility index (Phi) is 5.58. The average molecular weight is 336 g/mol. The van der Waals surface area contributed by atoms with E-state index in [2.05, 4.69) is 10.4 Å². The number of aliphatic carboxylic acids is 1. The molecule has 2 heterocycles. The summed E-state index contributed by atoms with van der Waals surface area (Å²) in [5, 5.41) is 15.8. The Morgan fingerprint density at radius 2 is 2.17 bits per heavy atom. The van der Waals surface area contributed by atoms with Gasteiger partial charge in [-0.15, -0.1) is 0 Å². The van der Waals surface area contributed by atoms with E-state index in [4.69, 9.17) is 5.11 Å². The Hall–Kier alpha value is -2.38. The zero-order chi connectivity index (χ0) is 17.9. The first-order chi connectivity index (χ1) is 11.3. The van der Waals surface area contributed by atoms with Crippen molar-refractivity contribution < 1.29 is 19.5 Å². The topological polar surface area (TPSA) is 105 Å². The van der Waals surface area contributed by atoms with Gasteiger partial charge in [0.15, 0.2) is 0 Å². The molecule has 1 aliphatic heterocycles. The lowest BCUT2D eigenvalue weighted by atomic mass is 9.85. The summed E-state index contributed by atoms with van der Waals surface area (Å²) in [5.41, 5.74) is 0.825. The number of nitrogens with one attached hydrogen (secondary N) is 1. The minimum absolute atomic E-state index is 0.00632. The molecule has 2 amide bonds. The zero-order valence-electron chi connectivity index (χ0n) is 14.2. The summed E-state index contributed by atoms with van der Waals surface area (Å²) in [6.45, 7) is 1.79. The van der Waals surface area contributed by atoms with Crippen LogP contribution >= 0.6 is 0 Å². The van der Waals surface area contributed by atoms with Gasteiger partial charge in [-0.05, 0) is 19.8 Å². The van der Waals surface area contributed by atoms with Gasteiger partial charge in [0, 0.05) is 44.7 Å². The van der Waals surface area contributed by atoms with Crippen LogP contribution in [0.4, 0.5) is 0 Å². The van der Waals surface area contributed by atoms with E-state index in [-0.39, 0.29) is 36.2 Å². The van der Waals surface area contributed by atoms with Gasteiger partial charge < -0.3 is 15.3 Å². The molecule has 0 spiro atoms. The molecule has 2 N–H and O–H groups in total. The number of rotatable bonds is 6. The van der Waals surface area contributed by atoms with Crippen LogP contribution in [0.2, 0.25) is 0 Å². The Morgan fingerprint density at radius 1 is 1.46 bits per heavy atom. The van der Waals surface area contributed by atoms with E-state index in [1.165, 1.54) is 0 Å². The fourth-order valence-electron chi connectivity index (χ4n) is 3.12. The van der Waals surface area contributed by atoms with E-state index in [9.17, 15) is 14.4 Å². The summed E-state index contributed by atoms with van der Waals surface area (Å²) in [7, 11) is 3.49. The minimum atomic E-state index is -0.882. The van der Waals surface area contributed by atoms with Crippen LogP contribution < -0.4 is 5.32 Å². The summed E-state index contributed by atoms with van der Waals surface area (Å²) < 4.78 is 1.65. The van der Waals surface area contributed by atoms with Crippen LogP contribution in [0.3, 0.4) is 0 Å². The number of hydrogen-bond donors (Lipinski definition) is 2. The Labute approximate surface area is 140 Å². The Morgan fingerprint density at radius 3 is 2.75 bits per heavy atom. The van der Waals surface area contributed by atoms with Gasteiger partial charge in [-0.1, -0.05) is 0 Å². The van der Waals surface area contributed by atoms with E-state index >= 15 is 0 Å². The number of aromatic nitrogens is 2. The molecule has 0 aromatic carbocycles. The van der Waals surface area contributed by atoms with E-state index in [0.717, 1.165) is 5.56 Å². The monoisotopic (exact) mass is 336 g/mol. The van der Waals surface area contributed by atoms with Crippen molar-refractivity contribution in [3.63, 3.8) is 0 Å². The lowest BCUT2D eigenvalue weighted by Crippen LogP contribution is -2.48. The van der Waals surface area contributed by atoms with Crippen molar-refractivity contribution in [2.24, 2.45) is 13.0 Å². The van der Waals surface area contributed by atoms with Crippen molar-refractivity contribution in [2.45, 2.75) is 44.7 Å². The van der Waals surface area contributed by atoms with Crippen molar-refractivity contribution in [3.8, 4) is 0 Å². The highest BCUT2D eigenvalue weighted by atomic mass is 16.4. The third-order valence-corrected chi connectivity index (χ3v) is 4.44. The van der Waals surface area contributed by atoms with Gasteiger partial charge in [0.2, 0.25) is 11.8 Å². The first-order valence-corrected chi connectivity index (χ1v) is 8.06. The lowest BCUT2D eigenvalue weighted by molar-refractivity contribution is -0.142. The number of carboxylic acid groups (broad SMARTS) is 1. The standard InChI is InChI=1S/C16H24N4O4/c1-10(4-7-14(22)23)18-16(24)12-5-6-13(21)20(3)15(12)11-8-17-19(2)9-11/h8-10,12,15H,4-7H2,1-3H3,(H,18,24)(H,22,23). The van der Waals surface area contributed by atoms with Gasteiger partial charge in [0.05, 0.1) is 18.2 Å². The van der Waals surface area contributed by atoms with Crippen LogP contribution in [0, 0.1) is 5.92 Å². The number of likely N-dealkylation sites (tertiary alicyclic amines) is 1. The largest absolute Gasteiger partial charge is 0.481 e. The number of piperidine rings is 1. The highest BCUT2D eigenvalue weighted by Gasteiger charge is 2.39. The summed E-state index contributed by atoms with van der Waals surface area (Å²) >= 11 is 0. The number of carbonyl (C=O) groups is 3. The predicted octanol–water partition coefficient (Wildman–Crippen LogP) is 0.699. The number of carbonyl (C=O) groups excluding carboxylic acids is 2. The Bertz CT molecular complexity index is 627. The first kappa shape index (κ1) is 18.0. The second-order valence-corrected chi connectivity index (χ2v) is 6.38. The molecule has 3 unspecified atom stereocenters. The molecule has 3 atom stereocenters. The number of aryl methyl sites for hydroxylation is 1. The van der Waals surface area contributed by atoms with Crippen LogP contribution in [-0.4, -0.2) is 50.7 Å². The molecule has 8 nitrogen and oxygen atoms in total. The fraction of sp³-hybridized carbons (Fsp3) is 0.625. The van der Waals surface area contributed by atoms with Crippen molar-refractivity contribution in [1.82, 2.24) is 20.0 Å². The quantitative estimate of drug-likeness (QED) is 0.796. The molecule has 1 fully saturated rings. The van der Waals surface area contributed by atoms with Gasteiger partial charge >= 0.3 is 5.97 Å². The van der Waals surface area contributed by atoms with Crippen molar-refractivity contribution in [2.75, 3.05) is 7.05 Å². The van der Waals surface area contributed by atoms with Crippen LogP contribution in [0.25, 0.3) is 0 Å². The van der Waals surface area contributed by atoms with Crippen LogP contribution in [0.5, 0.6) is 0 Å². The third kappa shape index (κ3) is 4.12. The molecule has 1 aromatic rings. The number of amides is 2. The average Bonchev–Trinajstić information content (AvgIpc) is 2.93. The molecule has 1 aromatic heterocycles. The van der Waals surface area contributed by atoms with Crippen LogP contribution in [0.1, 0.15) is 44.2 Å². The molecule has 2 rings (SSSR count). The SMILES string of the molecule is CC(CCC(=O)O)NC(=O)C1CCC(=O)N(C)C1c1cnn(C)c1. The van der Waals surface area contributed by atoms with Gasteiger partial charge in [0.1, 0.15) is 0 Å². The first-order valence-electron chi connectivity index (χ1n) is 8.06. The molecule has 1 saturated heterocycles. The summed E-state index contributed by atoms with van der Waals surface area (Å²) in [5.74, 6) is -1.40. The maximum atomic E-state index is 12.7. The van der Waals surface area contributed by atoms with Crippen LogP contribution in [0.15, 0.2) is 12.4 Å². The Balaban J connectivity index is 2.11. The summed E-state index contributed by atoms with van der Waals surface area (Å²) in [6, 6.07) is -0.585. The van der Waals surface area contributed by atoms with E-state index in [0.29, 0.717) is 19.3 Å². The van der Waals surface area contributed by atoms with Crippen molar-refractivity contribution in [1.29, 1.82) is 0 Å². The third-order valence-electron chi connectivity index (χ3n) is 4.44. The second kappa shape index (κ2) is 7.46. The van der Waals surface area contributed by atoms with E-state index in [1.807, 2.05) is 6.20 Å². The maximum Gasteiger partial charge on any atom is 0.303 e. The molecule has 132 valence electrons. The normalized spacial score (nSPS) is 22.3. The molecule has 0 aliphatic carbocycles. The summed E-state index contributed by atoms with van der Waals surface area (Å²) in [6.07, 6.45) is 4.67. The van der Waals surface area contributed by atoms with E-state index in [1.54, 1.807) is 36.8 Å². The van der Waals surface area contributed by atoms with Crippen molar-refractivity contribution in [3.05, 3.63) is 18.0 Å². The zero-order valence-corrected chi connectivity index (χ0v) is 14.2. The number of hydrogen-bond acceptors (Lipinski definition) is 4. The lowest BCUT2D eigenvalue weighted by Gasteiger charge is -2.38. The molecule has 8 heteroatoms.